The zero-order chi connectivity index (χ0) is 13.2. The lowest BCUT2D eigenvalue weighted by Crippen LogP contribution is -2.21. The summed E-state index contributed by atoms with van der Waals surface area (Å²) in [5.74, 6) is 0.237. The van der Waals surface area contributed by atoms with Crippen LogP contribution in [0, 0.1) is 0 Å². The molecule has 3 rings (SSSR count). The van der Waals surface area contributed by atoms with E-state index in [1.165, 1.54) is 0 Å². The maximum Gasteiger partial charge on any atom is 0.320 e. The third-order valence-electron chi connectivity index (χ3n) is 3.12. The second kappa shape index (κ2) is 4.74. The highest BCUT2D eigenvalue weighted by Gasteiger charge is 2.33. The molecule has 0 spiro atoms. The molecule has 0 radical (unpaired) electrons. The van der Waals surface area contributed by atoms with Crippen molar-refractivity contribution in [1.29, 1.82) is 0 Å². The first-order valence-corrected chi connectivity index (χ1v) is 5.94. The van der Waals surface area contributed by atoms with Gasteiger partial charge in [0.25, 0.3) is 0 Å². The van der Waals surface area contributed by atoms with Crippen LogP contribution in [0.2, 0.25) is 0 Å². The largest absolute Gasteiger partial charge is 0.457 e. The highest BCUT2D eigenvalue weighted by atomic mass is 16.6. The van der Waals surface area contributed by atoms with Gasteiger partial charge >= 0.3 is 5.97 Å². The van der Waals surface area contributed by atoms with Crippen molar-refractivity contribution < 1.29 is 19.4 Å². The van der Waals surface area contributed by atoms with Gasteiger partial charge in [0.1, 0.15) is 17.4 Å². The standard InChI is InChI=1S/C15H12O4/c16-9-18-15(17)14-10-5-1-3-7-12(10)19-13-8-4-2-6-11(13)14/h1-8,14,16H,9H2. The summed E-state index contributed by atoms with van der Waals surface area (Å²) >= 11 is 0. The van der Waals surface area contributed by atoms with Gasteiger partial charge in [0.2, 0.25) is 0 Å². The normalized spacial score (nSPS) is 13.1. The molecule has 0 aromatic heterocycles. The van der Waals surface area contributed by atoms with E-state index in [1.807, 2.05) is 48.5 Å². The quantitative estimate of drug-likeness (QED) is 0.662. The number of hydrogen-bond donors (Lipinski definition) is 1. The van der Waals surface area contributed by atoms with Crippen molar-refractivity contribution in [3.8, 4) is 11.5 Å². The van der Waals surface area contributed by atoms with Gasteiger partial charge in [-0.1, -0.05) is 36.4 Å². The van der Waals surface area contributed by atoms with Gasteiger partial charge in [0.15, 0.2) is 6.79 Å². The number of hydrogen-bond acceptors (Lipinski definition) is 4. The Kier molecular flexibility index (Phi) is 2.93. The van der Waals surface area contributed by atoms with Crippen LogP contribution in [-0.2, 0) is 9.53 Å². The monoisotopic (exact) mass is 256 g/mol. The zero-order valence-corrected chi connectivity index (χ0v) is 10.1. The lowest BCUT2D eigenvalue weighted by molar-refractivity contribution is -0.152. The molecule has 2 aromatic carbocycles. The highest BCUT2D eigenvalue weighted by Crippen LogP contribution is 2.44. The maximum atomic E-state index is 12.1. The van der Waals surface area contributed by atoms with Crippen LogP contribution in [0.1, 0.15) is 17.0 Å². The third kappa shape index (κ3) is 1.96. The first kappa shape index (κ1) is 11.7. The average Bonchev–Trinajstić information content (AvgIpc) is 2.44. The number of esters is 1. The van der Waals surface area contributed by atoms with Crippen LogP contribution < -0.4 is 4.74 Å². The van der Waals surface area contributed by atoms with E-state index in [-0.39, 0.29) is 0 Å². The number of rotatable bonds is 2. The van der Waals surface area contributed by atoms with Gasteiger partial charge in [-0.25, -0.2) is 0 Å². The van der Waals surface area contributed by atoms with Crippen molar-refractivity contribution in [3.05, 3.63) is 59.7 Å². The summed E-state index contributed by atoms with van der Waals surface area (Å²) in [5.41, 5.74) is 1.50. The Morgan fingerprint density at radius 2 is 1.58 bits per heavy atom. The van der Waals surface area contributed by atoms with E-state index in [4.69, 9.17) is 14.6 Å². The summed E-state index contributed by atoms with van der Waals surface area (Å²) in [6.45, 7) is -0.624. The van der Waals surface area contributed by atoms with Crippen LogP contribution in [0.4, 0.5) is 0 Å². The number of aliphatic hydroxyl groups excluding tert-OH is 1. The molecule has 1 N–H and O–H groups in total. The lowest BCUT2D eigenvalue weighted by atomic mass is 9.88. The topological polar surface area (TPSA) is 55.8 Å². The van der Waals surface area contributed by atoms with E-state index in [0.29, 0.717) is 11.5 Å². The number of ether oxygens (including phenoxy) is 2. The van der Waals surface area contributed by atoms with Crippen LogP contribution in [0.3, 0.4) is 0 Å². The minimum Gasteiger partial charge on any atom is -0.457 e. The second-order valence-corrected chi connectivity index (χ2v) is 4.20. The average molecular weight is 256 g/mol. The van der Waals surface area contributed by atoms with Gasteiger partial charge in [-0.05, 0) is 12.1 Å². The molecule has 0 fully saturated rings. The van der Waals surface area contributed by atoms with Gasteiger partial charge in [0.05, 0.1) is 0 Å². The Balaban J connectivity index is 2.14. The molecule has 0 aliphatic carbocycles. The van der Waals surface area contributed by atoms with E-state index in [9.17, 15) is 4.79 Å². The molecular formula is C15H12O4. The fourth-order valence-corrected chi connectivity index (χ4v) is 2.31. The lowest BCUT2D eigenvalue weighted by Gasteiger charge is -2.26. The van der Waals surface area contributed by atoms with Crippen LogP contribution in [-0.4, -0.2) is 17.9 Å². The van der Waals surface area contributed by atoms with E-state index >= 15 is 0 Å². The second-order valence-electron chi connectivity index (χ2n) is 4.20. The molecule has 0 amide bonds. The van der Waals surface area contributed by atoms with E-state index in [0.717, 1.165) is 11.1 Å². The van der Waals surface area contributed by atoms with Crippen LogP contribution in [0.5, 0.6) is 11.5 Å². The van der Waals surface area contributed by atoms with Gasteiger partial charge in [-0.2, -0.15) is 0 Å². The molecule has 0 bridgehead atoms. The third-order valence-corrected chi connectivity index (χ3v) is 3.12. The first-order chi connectivity index (χ1) is 9.31. The fourth-order valence-electron chi connectivity index (χ4n) is 2.31. The molecule has 0 saturated heterocycles. The highest BCUT2D eigenvalue weighted by molar-refractivity contribution is 5.85. The molecule has 96 valence electrons. The van der Waals surface area contributed by atoms with Crippen LogP contribution in [0.25, 0.3) is 0 Å². The summed E-state index contributed by atoms with van der Waals surface area (Å²) < 4.78 is 10.5. The molecule has 19 heavy (non-hydrogen) atoms. The molecule has 2 aromatic rings. The summed E-state index contributed by atoms with van der Waals surface area (Å²) in [7, 11) is 0. The molecular weight excluding hydrogens is 244 g/mol. The predicted molar refractivity (Wildman–Crippen MR) is 68.0 cm³/mol. The van der Waals surface area contributed by atoms with E-state index in [1.54, 1.807) is 0 Å². The van der Waals surface area contributed by atoms with Gasteiger partial charge in [-0.15, -0.1) is 0 Å². The molecule has 0 saturated carbocycles. The Labute approximate surface area is 110 Å². The summed E-state index contributed by atoms with van der Waals surface area (Å²) in [6.07, 6.45) is 0. The van der Waals surface area contributed by atoms with Crippen molar-refractivity contribution in [1.82, 2.24) is 0 Å². The van der Waals surface area contributed by atoms with E-state index in [2.05, 4.69) is 0 Å². The molecule has 0 atom stereocenters. The van der Waals surface area contributed by atoms with Crippen molar-refractivity contribution in [2.45, 2.75) is 5.92 Å². The Morgan fingerprint density at radius 3 is 2.11 bits per heavy atom. The van der Waals surface area contributed by atoms with Gasteiger partial charge in [0, 0.05) is 11.1 Å². The Bertz CT molecular complexity index is 576. The molecule has 1 aliphatic heterocycles. The molecule has 4 heteroatoms. The molecule has 4 nitrogen and oxygen atoms in total. The number of fused-ring (bicyclic) bond motifs is 2. The van der Waals surface area contributed by atoms with Crippen molar-refractivity contribution in [2.24, 2.45) is 0 Å². The Morgan fingerprint density at radius 1 is 1.05 bits per heavy atom. The number of aliphatic hydroxyl groups is 1. The summed E-state index contributed by atoms with van der Waals surface area (Å²) in [6, 6.07) is 14.7. The minimum atomic E-state index is -0.624. The maximum absolute atomic E-state index is 12.1. The fraction of sp³-hybridized carbons (Fsp3) is 0.133. The SMILES string of the molecule is O=C(OCO)C1c2ccccc2Oc2ccccc21. The predicted octanol–water partition coefficient (Wildman–Crippen LogP) is 2.42. The summed E-state index contributed by atoms with van der Waals surface area (Å²) in [5, 5.41) is 8.79. The van der Waals surface area contributed by atoms with Crippen LogP contribution in [0.15, 0.2) is 48.5 Å². The van der Waals surface area contributed by atoms with Crippen molar-refractivity contribution in [2.75, 3.05) is 6.79 Å². The molecule has 1 heterocycles. The smallest absolute Gasteiger partial charge is 0.320 e. The zero-order valence-electron chi connectivity index (χ0n) is 10.1. The summed E-state index contributed by atoms with van der Waals surface area (Å²) in [4.78, 5) is 12.1. The minimum absolute atomic E-state index is 0.481. The van der Waals surface area contributed by atoms with Gasteiger partial charge < -0.3 is 14.6 Å². The molecule has 1 aliphatic rings. The Hall–Kier alpha value is -2.33. The van der Waals surface area contributed by atoms with Gasteiger partial charge in [-0.3, -0.25) is 4.79 Å². The number of carbonyl (C=O) groups excluding carboxylic acids is 1. The van der Waals surface area contributed by atoms with E-state index < -0.39 is 18.7 Å². The number of benzene rings is 2. The first-order valence-electron chi connectivity index (χ1n) is 5.94. The van der Waals surface area contributed by atoms with Crippen molar-refractivity contribution >= 4 is 5.97 Å². The van der Waals surface area contributed by atoms with Crippen molar-refractivity contribution in [3.63, 3.8) is 0 Å². The molecule has 0 unspecified atom stereocenters. The number of carbonyl (C=O) groups is 1. The van der Waals surface area contributed by atoms with Crippen LogP contribution >= 0.6 is 0 Å². The number of para-hydroxylation sites is 2.